The number of nitrogens with zero attached hydrogens (tertiary/aromatic N) is 3. The molecule has 0 aromatic carbocycles. The van der Waals surface area contributed by atoms with Crippen LogP contribution in [0.1, 0.15) is 6.42 Å². The number of nitrogens with one attached hydrogen (secondary N) is 1. The van der Waals surface area contributed by atoms with E-state index in [2.05, 4.69) is 15.4 Å². The van der Waals surface area contributed by atoms with Crippen molar-refractivity contribution in [1.82, 2.24) is 20.1 Å². The van der Waals surface area contributed by atoms with Gasteiger partial charge in [-0.2, -0.15) is 5.10 Å². The number of hydrogen-bond acceptors (Lipinski definition) is 4. The summed E-state index contributed by atoms with van der Waals surface area (Å²) in [5, 5.41) is 7.23. The average molecular weight is 286 g/mol. The molecule has 0 radical (unpaired) electrons. The predicted octanol–water partition coefficient (Wildman–Crippen LogP) is 1.10. The first-order valence-corrected chi connectivity index (χ1v) is 7.11. The fraction of sp³-hybridized carbons (Fsp3) is 0.400. The van der Waals surface area contributed by atoms with E-state index in [9.17, 15) is 4.79 Å². The van der Waals surface area contributed by atoms with Gasteiger partial charge in [0.1, 0.15) is 0 Å². The molecule has 3 rings (SSSR count). The molecule has 3 heterocycles. The van der Waals surface area contributed by atoms with Crippen molar-refractivity contribution >= 4 is 5.91 Å². The number of rotatable bonds is 5. The van der Waals surface area contributed by atoms with Crippen molar-refractivity contribution in [3.05, 3.63) is 36.9 Å². The molecule has 0 aliphatic carbocycles. The third-order valence-corrected chi connectivity index (χ3v) is 3.57. The van der Waals surface area contributed by atoms with E-state index in [-0.39, 0.29) is 11.8 Å². The molecule has 21 heavy (non-hydrogen) atoms. The number of aromatic nitrogens is 3. The minimum Gasteiger partial charge on any atom is -0.381 e. The van der Waals surface area contributed by atoms with Crippen LogP contribution in [0.4, 0.5) is 0 Å². The standard InChI is InChI=1S/C15H18N4O2/c20-15(13-3-7-21-11-13)17-5-6-19-10-14(9-18-19)12-2-1-4-16-8-12/h1-2,4,8-10,13H,3,5-7,11H2,(H,17,20)/t13-/m1/s1. The molecule has 1 aliphatic rings. The van der Waals surface area contributed by atoms with Crippen molar-refractivity contribution in [3.63, 3.8) is 0 Å². The Hall–Kier alpha value is -2.21. The Morgan fingerprint density at radius 3 is 3.14 bits per heavy atom. The third kappa shape index (κ3) is 3.46. The molecule has 2 aromatic rings. The SMILES string of the molecule is O=C(NCCn1cc(-c2cccnc2)cn1)[C@@H]1CCOC1. The highest BCUT2D eigenvalue weighted by Gasteiger charge is 2.22. The second-order valence-electron chi connectivity index (χ2n) is 5.09. The maximum Gasteiger partial charge on any atom is 0.225 e. The Bertz CT molecular complexity index is 591. The van der Waals surface area contributed by atoms with Gasteiger partial charge in [0.25, 0.3) is 0 Å². The van der Waals surface area contributed by atoms with Crippen molar-refractivity contribution in [2.45, 2.75) is 13.0 Å². The number of amides is 1. The number of carbonyl (C=O) groups excluding carboxylic acids is 1. The van der Waals surface area contributed by atoms with Gasteiger partial charge in [-0.1, -0.05) is 6.07 Å². The van der Waals surface area contributed by atoms with E-state index in [0.29, 0.717) is 26.3 Å². The molecule has 6 heteroatoms. The van der Waals surface area contributed by atoms with Crippen LogP contribution in [0.25, 0.3) is 11.1 Å². The molecule has 1 fully saturated rings. The smallest absolute Gasteiger partial charge is 0.225 e. The van der Waals surface area contributed by atoms with Crippen LogP contribution in [0.15, 0.2) is 36.9 Å². The van der Waals surface area contributed by atoms with Crippen LogP contribution in [0.3, 0.4) is 0 Å². The van der Waals surface area contributed by atoms with Gasteiger partial charge in [0, 0.05) is 42.9 Å². The summed E-state index contributed by atoms with van der Waals surface area (Å²) in [6.45, 7) is 2.45. The van der Waals surface area contributed by atoms with Gasteiger partial charge in [-0.05, 0) is 12.5 Å². The molecule has 0 saturated carbocycles. The zero-order valence-corrected chi connectivity index (χ0v) is 11.7. The van der Waals surface area contributed by atoms with E-state index in [1.54, 1.807) is 6.20 Å². The van der Waals surface area contributed by atoms with Gasteiger partial charge >= 0.3 is 0 Å². The number of pyridine rings is 1. The molecule has 1 saturated heterocycles. The summed E-state index contributed by atoms with van der Waals surface area (Å²) in [6, 6.07) is 3.90. The minimum atomic E-state index is 0.00794. The number of ether oxygens (including phenoxy) is 1. The summed E-state index contributed by atoms with van der Waals surface area (Å²) in [5.41, 5.74) is 2.06. The fourth-order valence-corrected chi connectivity index (χ4v) is 2.35. The van der Waals surface area contributed by atoms with Crippen molar-refractivity contribution in [1.29, 1.82) is 0 Å². The molecule has 0 unspecified atom stereocenters. The molecule has 2 aromatic heterocycles. The van der Waals surface area contributed by atoms with Gasteiger partial charge in [0.05, 0.1) is 25.3 Å². The van der Waals surface area contributed by atoms with E-state index in [4.69, 9.17) is 4.74 Å². The van der Waals surface area contributed by atoms with Gasteiger partial charge < -0.3 is 10.1 Å². The summed E-state index contributed by atoms with van der Waals surface area (Å²) in [4.78, 5) is 15.9. The number of hydrogen-bond donors (Lipinski definition) is 1. The second-order valence-corrected chi connectivity index (χ2v) is 5.09. The van der Waals surface area contributed by atoms with Crippen LogP contribution in [0, 0.1) is 5.92 Å². The molecular weight excluding hydrogens is 268 g/mol. The molecule has 1 amide bonds. The van der Waals surface area contributed by atoms with Crippen molar-refractivity contribution in [2.75, 3.05) is 19.8 Å². The topological polar surface area (TPSA) is 69.0 Å². The van der Waals surface area contributed by atoms with E-state index in [0.717, 1.165) is 17.5 Å². The van der Waals surface area contributed by atoms with Crippen LogP contribution in [0.2, 0.25) is 0 Å². The molecule has 110 valence electrons. The van der Waals surface area contributed by atoms with Gasteiger partial charge in [0.2, 0.25) is 5.91 Å². The summed E-state index contributed by atoms with van der Waals surface area (Å²) in [6.07, 6.45) is 8.14. The van der Waals surface area contributed by atoms with E-state index in [1.165, 1.54) is 0 Å². The molecule has 0 spiro atoms. The first-order valence-electron chi connectivity index (χ1n) is 7.11. The third-order valence-electron chi connectivity index (χ3n) is 3.57. The summed E-state index contributed by atoms with van der Waals surface area (Å²) in [5.74, 6) is 0.0840. The fourth-order valence-electron chi connectivity index (χ4n) is 2.35. The normalized spacial score (nSPS) is 17.8. The van der Waals surface area contributed by atoms with Crippen LogP contribution < -0.4 is 5.32 Å². The highest BCUT2D eigenvalue weighted by Crippen LogP contribution is 2.16. The Morgan fingerprint density at radius 2 is 2.38 bits per heavy atom. The summed E-state index contributed by atoms with van der Waals surface area (Å²) >= 11 is 0. The molecule has 6 nitrogen and oxygen atoms in total. The first-order chi connectivity index (χ1) is 10.3. The molecule has 0 bridgehead atoms. The van der Waals surface area contributed by atoms with E-state index >= 15 is 0 Å². The largest absolute Gasteiger partial charge is 0.381 e. The highest BCUT2D eigenvalue weighted by atomic mass is 16.5. The van der Waals surface area contributed by atoms with E-state index < -0.39 is 0 Å². The molecule has 1 N–H and O–H groups in total. The highest BCUT2D eigenvalue weighted by molar-refractivity contribution is 5.78. The molecular formula is C15H18N4O2. The Morgan fingerprint density at radius 1 is 1.43 bits per heavy atom. The van der Waals surface area contributed by atoms with Crippen LogP contribution in [-0.4, -0.2) is 40.4 Å². The second kappa shape index (κ2) is 6.49. The van der Waals surface area contributed by atoms with Crippen LogP contribution >= 0.6 is 0 Å². The van der Waals surface area contributed by atoms with Gasteiger partial charge in [-0.15, -0.1) is 0 Å². The Kier molecular flexibility index (Phi) is 4.25. The molecule has 1 atom stereocenters. The summed E-state index contributed by atoms with van der Waals surface area (Å²) < 4.78 is 7.04. The van der Waals surface area contributed by atoms with Gasteiger partial charge in [0.15, 0.2) is 0 Å². The zero-order valence-electron chi connectivity index (χ0n) is 11.7. The predicted molar refractivity (Wildman–Crippen MR) is 77.4 cm³/mol. The van der Waals surface area contributed by atoms with E-state index in [1.807, 2.05) is 35.4 Å². The maximum atomic E-state index is 11.8. The zero-order chi connectivity index (χ0) is 14.5. The maximum absolute atomic E-state index is 11.8. The lowest BCUT2D eigenvalue weighted by Crippen LogP contribution is -2.33. The van der Waals surface area contributed by atoms with Crippen LogP contribution in [-0.2, 0) is 16.1 Å². The van der Waals surface area contributed by atoms with Crippen molar-refractivity contribution < 1.29 is 9.53 Å². The first kappa shape index (κ1) is 13.8. The average Bonchev–Trinajstić information content (AvgIpc) is 3.20. The van der Waals surface area contributed by atoms with Crippen molar-refractivity contribution in [2.24, 2.45) is 5.92 Å². The van der Waals surface area contributed by atoms with Crippen LogP contribution in [0.5, 0.6) is 0 Å². The van der Waals surface area contributed by atoms with Crippen molar-refractivity contribution in [3.8, 4) is 11.1 Å². The summed E-state index contributed by atoms with van der Waals surface area (Å²) in [7, 11) is 0. The monoisotopic (exact) mass is 286 g/mol. The van der Waals surface area contributed by atoms with Gasteiger partial charge in [-0.25, -0.2) is 0 Å². The Balaban J connectivity index is 1.50. The lowest BCUT2D eigenvalue weighted by atomic mass is 10.1. The quantitative estimate of drug-likeness (QED) is 0.893. The minimum absolute atomic E-state index is 0.00794. The van der Waals surface area contributed by atoms with Gasteiger partial charge in [-0.3, -0.25) is 14.5 Å². The lowest BCUT2D eigenvalue weighted by Gasteiger charge is -2.09. The Labute approximate surface area is 123 Å². The lowest BCUT2D eigenvalue weighted by molar-refractivity contribution is -0.124. The number of carbonyl (C=O) groups is 1. The molecule has 1 aliphatic heterocycles.